The predicted molar refractivity (Wildman–Crippen MR) is 118 cm³/mol. The van der Waals surface area contributed by atoms with Crippen LogP contribution >= 0.6 is 0 Å². The number of rotatable bonds is 7. The number of esters is 1. The first-order chi connectivity index (χ1) is 14.7. The van der Waals surface area contributed by atoms with Gasteiger partial charge in [0, 0.05) is 23.7 Å². The fourth-order valence-electron chi connectivity index (χ4n) is 3.15. The van der Waals surface area contributed by atoms with Crippen LogP contribution in [0.4, 0.5) is 5.69 Å². The highest BCUT2D eigenvalue weighted by atomic mass is 16.5. The maximum absolute atomic E-state index is 12.3. The van der Waals surface area contributed by atoms with Gasteiger partial charge in [-0.1, -0.05) is 24.3 Å². The van der Waals surface area contributed by atoms with E-state index in [1.54, 1.807) is 0 Å². The molecular weight excluding hydrogens is 396 g/mol. The van der Waals surface area contributed by atoms with Crippen LogP contribution in [-0.2, 0) is 25.5 Å². The van der Waals surface area contributed by atoms with Gasteiger partial charge in [0.2, 0.25) is 5.91 Å². The van der Waals surface area contributed by atoms with E-state index in [4.69, 9.17) is 9.15 Å². The summed E-state index contributed by atoms with van der Waals surface area (Å²) in [5.41, 5.74) is 5.13. The Morgan fingerprint density at radius 2 is 1.74 bits per heavy atom. The zero-order valence-corrected chi connectivity index (χ0v) is 18.2. The summed E-state index contributed by atoms with van der Waals surface area (Å²) in [6.45, 7) is 5.22. The minimum Gasteiger partial charge on any atom is -0.464 e. The van der Waals surface area contributed by atoms with Gasteiger partial charge in [-0.25, -0.2) is 0 Å². The molecule has 1 aromatic heterocycles. The van der Waals surface area contributed by atoms with Gasteiger partial charge in [0.15, 0.2) is 6.61 Å². The number of amides is 2. The number of aryl methyl sites for hydroxylation is 3. The number of furan rings is 1. The van der Waals surface area contributed by atoms with Crippen molar-refractivity contribution >= 4 is 34.4 Å². The molecule has 0 saturated carbocycles. The van der Waals surface area contributed by atoms with E-state index in [2.05, 4.69) is 5.32 Å². The van der Waals surface area contributed by atoms with Crippen molar-refractivity contribution in [3.63, 3.8) is 0 Å². The third-order valence-corrected chi connectivity index (χ3v) is 4.98. The molecule has 0 fully saturated rings. The van der Waals surface area contributed by atoms with Gasteiger partial charge >= 0.3 is 5.97 Å². The molecule has 0 spiro atoms. The van der Waals surface area contributed by atoms with E-state index in [-0.39, 0.29) is 18.9 Å². The van der Waals surface area contributed by atoms with Crippen LogP contribution in [0, 0.1) is 20.8 Å². The molecule has 1 N–H and O–H groups in total. The van der Waals surface area contributed by atoms with Gasteiger partial charge in [-0.05, 0) is 49.6 Å². The van der Waals surface area contributed by atoms with Gasteiger partial charge in [0.1, 0.15) is 5.58 Å². The number of nitrogens with one attached hydrogen (secondary N) is 1. The van der Waals surface area contributed by atoms with Gasteiger partial charge < -0.3 is 19.4 Å². The number of benzene rings is 2. The summed E-state index contributed by atoms with van der Waals surface area (Å²) in [4.78, 5) is 37.9. The summed E-state index contributed by atoms with van der Waals surface area (Å²) >= 11 is 0. The average molecular weight is 422 g/mol. The smallest absolute Gasteiger partial charge is 0.310 e. The number of anilines is 1. The summed E-state index contributed by atoms with van der Waals surface area (Å²) in [5, 5.41) is 3.64. The fraction of sp³-hybridized carbons (Fsp3) is 0.292. The van der Waals surface area contributed by atoms with Gasteiger partial charge in [0.25, 0.3) is 5.91 Å². The highest BCUT2D eigenvalue weighted by Gasteiger charge is 2.17. The third-order valence-electron chi connectivity index (χ3n) is 4.98. The first kappa shape index (κ1) is 22.1. The second-order valence-electron chi connectivity index (χ2n) is 7.71. The summed E-state index contributed by atoms with van der Waals surface area (Å²) in [5.74, 6) is -1.32. The van der Waals surface area contributed by atoms with E-state index < -0.39 is 18.5 Å². The van der Waals surface area contributed by atoms with Crippen molar-refractivity contribution in [2.75, 3.05) is 25.5 Å². The number of carbonyl (C=O) groups excluding carboxylic acids is 3. The number of hydrogen-bond acceptors (Lipinski definition) is 5. The Morgan fingerprint density at radius 1 is 1.03 bits per heavy atom. The molecule has 0 saturated heterocycles. The quantitative estimate of drug-likeness (QED) is 0.589. The number of likely N-dealkylation sites (N-methyl/N-ethyl adjacent to an activating group) is 1. The van der Waals surface area contributed by atoms with Crippen molar-refractivity contribution in [2.24, 2.45) is 0 Å². The summed E-state index contributed by atoms with van der Waals surface area (Å²) in [6.07, 6.45) is 1.52. The molecule has 0 aliphatic rings. The van der Waals surface area contributed by atoms with E-state index in [0.29, 0.717) is 16.8 Å². The second kappa shape index (κ2) is 9.47. The molecule has 3 rings (SSSR count). The van der Waals surface area contributed by atoms with Crippen LogP contribution < -0.4 is 5.32 Å². The number of fused-ring (bicyclic) bond motifs is 1. The molecule has 3 aromatic rings. The van der Waals surface area contributed by atoms with Gasteiger partial charge in [0.05, 0.1) is 19.2 Å². The third kappa shape index (κ3) is 5.72. The Hall–Kier alpha value is -3.61. The second-order valence-corrected chi connectivity index (χ2v) is 7.71. The first-order valence-corrected chi connectivity index (χ1v) is 9.96. The lowest BCUT2D eigenvalue weighted by Gasteiger charge is -2.17. The van der Waals surface area contributed by atoms with Crippen LogP contribution in [0.5, 0.6) is 0 Å². The van der Waals surface area contributed by atoms with E-state index in [1.165, 1.54) is 18.2 Å². The molecule has 0 aliphatic carbocycles. The Balaban J connectivity index is 1.48. The minimum absolute atomic E-state index is 0.000175. The van der Waals surface area contributed by atoms with E-state index in [1.807, 2.05) is 57.2 Å². The van der Waals surface area contributed by atoms with Crippen LogP contribution in [0.2, 0.25) is 0 Å². The molecule has 0 radical (unpaired) electrons. The molecule has 1 heterocycles. The standard InChI is InChI=1S/C24H26N2O5/c1-15-5-7-17(3)20(9-15)25-22(27)12-26(4)23(28)14-31-24(29)11-18-13-30-21-10-16(2)6-8-19(18)21/h5-10,13H,11-12,14H2,1-4H3,(H,25,27). The molecule has 0 unspecified atom stereocenters. The van der Waals surface area contributed by atoms with Crippen LogP contribution in [0.25, 0.3) is 11.0 Å². The van der Waals surface area contributed by atoms with Crippen molar-refractivity contribution < 1.29 is 23.5 Å². The van der Waals surface area contributed by atoms with Crippen molar-refractivity contribution in [2.45, 2.75) is 27.2 Å². The number of carbonyl (C=O) groups is 3. The average Bonchev–Trinajstić information content (AvgIpc) is 3.10. The van der Waals surface area contributed by atoms with Gasteiger partial charge in [-0.3, -0.25) is 14.4 Å². The SMILES string of the molecule is Cc1ccc(C)c(NC(=O)CN(C)C(=O)COC(=O)Cc2coc3cc(C)ccc23)c1. The normalized spacial score (nSPS) is 10.7. The molecule has 31 heavy (non-hydrogen) atoms. The summed E-state index contributed by atoms with van der Waals surface area (Å²) in [7, 11) is 1.49. The van der Waals surface area contributed by atoms with Gasteiger partial charge in [-0.2, -0.15) is 0 Å². The lowest BCUT2D eigenvalue weighted by atomic mass is 10.1. The zero-order chi connectivity index (χ0) is 22.5. The largest absolute Gasteiger partial charge is 0.464 e. The Kier molecular flexibility index (Phi) is 6.74. The molecule has 0 bridgehead atoms. The Morgan fingerprint density at radius 3 is 2.52 bits per heavy atom. The van der Waals surface area contributed by atoms with E-state index in [9.17, 15) is 14.4 Å². The first-order valence-electron chi connectivity index (χ1n) is 9.96. The van der Waals surface area contributed by atoms with Crippen LogP contribution in [0.1, 0.15) is 22.3 Å². The molecular formula is C24H26N2O5. The lowest BCUT2D eigenvalue weighted by Crippen LogP contribution is -2.37. The van der Waals surface area contributed by atoms with Crippen LogP contribution in [0.15, 0.2) is 47.1 Å². The summed E-state index contributed by atoms with van der Waals surface area (Å²) in [6, 6.07) is 11.5. The van der Waals surface area contributed by atoms with Gasteiger partial charge in [-0.15, -0.1) is 0 Å². The number of hydrogen-bond donors (Lipinski definition) is 1. The Bertz CT molecular complexity index is 1130. The molecule has 2 aromatic carbocycles. The Labute approximate surface area is 181 Å². The lowest BCUT2D eigenvalue weighted by molar-refractivity contribution is -0.151. The topological polar surface area (TPSA) is 88.9 Å². The molecule has 0 aliphatic heterocycles. The highest BCUT2D eigenvalue weighted by molar-refractivity contribution is 5.95. The molecule has 0 atom stereocenters. The predicted octanol–water partition coefficient (Wildman–Crippen LogP) is 3.54. The summed E-state index contributed by atoms with van der Waals surface area (Å²) < 4.78 is 10.6. The maximum Gasteiger partial charge on any atom is 0.310 e. The fourth-order valence-corrected chi connectivity index (χ4v) is 3.15. The maximum atomic E-state index is 12.3. The van der Waals surface area contributed by atoms with Crippen LogP contribution in [0.3, 0.4) is 0 Å². The van der Waals surface area contributed by atoms with Crippen molar-refractivity contribution in [3.8, 4) is 0 Å². The van der Waals surface area contributed by atoms with Crippen molar-refractivity contribution in [1.82, 2.24) is 4.90 Å². The number of ether oxygens (including phenoxy) is 1. The van der Waals surface area contributed by atoms with E-state index >= 15 is 0 Å². The minimum atomic E-state index is -0.537. The molecule has 7 nitrogen and oxygen atoms in total. The monoisotopic (exact) mass is 422 g/mol. The molecule has 2 amide bonds. The zero-order valence-electron chi connectivity index (χ0n) is 18.2. The van der Waals surface area contributed by atoms with E-state index in [0.717, 1.165) is 22.1 Å². The van der Waals surface area contributed by atoms with Crippen molar-refractivity contribution in [3.05, 3.63) is 64.9 Å². The molecule has 7 heteroatoms. The highest BCUT2D eigenvalue weighted by Crippen LogP contribution is 2.23. The van der Waals surface area contributed by atoms with Crippen molar-refractivity contribution in [1.29, 1.82) is 0 Å². The van der Waals surface area contributed by atoms with Crippen LogP contribution in [-0.4, -0.2) is 42.9 Å². The molecule has 162 valence electrons. The number of nitrogens with zero attached hydrogens (tertiary/aromatic N) is 1.